The third-order valence-corrected chi connectivity index (χ3v) is 4.10. The Labute approximate surface area is 121 Å². The number of benzene rings is 1. The number of rotatable bonds is 7. The molecule has 0 saturated heterocycles. The van der Waals surface area contributed by atoms with E-state index in [1.807, 2.05) is 19.9 Å². The van der Waals surface area contributed by atoms with Crippen LogP contribution in [0.25, 0.3) is 0 Å². The second-order valence-electron chi connectivity index (χ2n) is 5.13. The summed E-state index contributed by atoms with van der Waals surface area (Å²) in [5.41, 5.74) is 1.47. The molecule has 2 N–H and O–H groups in total. The maximum Gasteiger partial charge on any atom is 0.238 e. The number of nitrogens with two attached hydrogens (primary N) is 1. The van der Waals surface area contributed by atoms with Gasteiger partial charge in [0.25, 0.3) is 0 Å². The Morgan fingerprint density at radius 3 is 2.55 bits per heavy atom. The van der Waals surface area contributed by atoms with Gasteiger partial charge >= 0.3 is 0 Å². The van der Waals surface area contributed by atoms with Crippen molar-refractivity contribution in [2.75, 3.05) is 6.61 Å². The zero-order valence-corrected chi connectivity index (χ0v) is 13.2. The van der Waals surface area contributed by atoms with Gasteiger partial charge in [0.05, 0.1) is 11.5 Å². The minimum Gasteiger partial charge on any atom is -0.493 e. The Kier molecular flexibility index (Phi) is 5.77. The van der Waals surface area contributed by atoms with Crippen molar-refractivity contribution in [2.24, 2.45) is 5.14 Å². The fraction of sp³-hybridized carbons (Fsp3) is 0.467. The lowest BCUT2D eigenvalue weighted by atomic mass is 10.0. The molecule has 0 spiro atoms. The summed E-state index contributed by atoms with van der Waals surface area (Å²) in [7, 11) is -3.70. The smallest absolute Gasteiger partial charge is 0.238 e. The monoisotopic (exact) mass is 297 g/mol. The van der Waals surface area contributed by atoms with Gasteiger partial charge in [0, 0.05) is 0 Å². The predicted molar refractivity (Wildman–Crippen MR) is 81.6 cm³/mol. The van der Waals surface area contributed by atoms with E-state index in [-0.39, 0.29) is 10.8 Å². The summed E-state index contributed by atoms with van der Waals surface area (Å²) in [5.74, 6) is 0.888. The third kappa shape index (κ3) is 4.35. The molecule has 0 unspecified atom stereocenters. The molecule has 0 saturated carbocycles. The number of allylic oxidation sites excluding steroid dienone is 1. The van der Waals surface area contributed by atoms with E-state index in [0.717, 1.165) is 24.2 Å². The summed E-state index contributed by atoms with van der Waals surface area (Å²) in [6, 6.07) is 3.38. The molecule has 0 fully saturated rings. The maximum atomic E-state index is 11.6. The minimum absolute atomic E-state index is 0.158. The minimum atomic E-state index is -3.70. The van der Waals surface area contributed by atoms with E-state index in [2.05, 4.69) is 6.58 Å². The van der Waals surface area contributed by atoms with Crippen LogP contribution in [0.1, 0.15) is 43.7 Å². The number of ether oxygens (including phenoxy) is 1. The van der Waals surface area contributed by atoms with Crippen molar-refractivity contribution in [3.8, 4) is 5.75 Å². The first-order chi connectivity index (χ1) is 9.27. The van der Waals surface area contributed by atoms with Gasteiger partial charge in [-0.25, -0.2) is 13.6 Å². The molecule has 0 atom stereocenters. The van der Waals surface area contributed by atoms with E-state index in [4.69, 9.17) is 9.88 Å². The largest absolute Gasteiger partial charge is 0.493 e. The molecule has 0 heterocycles. The van der Waals surface area contributed by atoms with Crippen LogP contribution in [0.2, 0.25) is 0 Å². The maximum absolute atomic E-state index is 11.6. The highest BCUT2D eigenvalue weighted by molar-refractivity contribution is 7.89. The molecule has 0 radical (unpaired) electrons. The molecule has 1 aromatic carbocycles. The molecule has 20 heavy (non-hydrogen) atoms. The SMILES string of the molecule is C=CCCCOc1cc(C)c(S(N)(=O)=O)cc1C(C)C. The number of primary sulfonamides is 1. The molecule has 4 nitrogen and oxygen atoms in total. The van der Waals surface area contributed by atoms with E-state index < -0.39 is 10.0 Å². The second-order valence-corrected chi connectivity index (χ2v) is 6.66. The number of hydrogen-bond acceptors (Lipinski definition) is 3. The molecule has 1 aromatic rings. The fourth-order valence-electron chi connectivity index (χ4n) is 1.97. The van der Waals surface area contributed by atoms with E-state index in [1.165, 1.54) is 0 Å². The first kappa shape index (κ1) is 16.7. The molecule has 0 aliphatic heterocycles. The Hall–Kier alpha value is -1.33. The van der Waals surface area contributed by atoms with Gasteiger partial charge in [-0.2, -0.15) is 0 Å². The van der Waals surface area contributed by atoms with Gasteiger partial charge in [-0.1, -0.05) is 19.9 Å². The van der Waals surface area contributed by atoms with Gasteiger partial charge in [0.1, 0.15) is 5.75 Å². The average Bonchev–Trinajstić information content (AvgIpc) is 2.32. The predicted octanol–water partition coefficient (Wildman–Crippen LogP) is 3.11. The molecule has 5 heteroatoms. The van der Waals surface area contributed by atoms with Crippen LogP contribution in [-0.2, 0) is 10.0 Å². The Morgan fingerprint density at radius 2 is 2.05 bits per heavy atom. The van der Waals surface area contributed by atoms with Crippen molar-refractivity contribution in [2.45, 2.75) is 44.4 Å². The number of hydrogen-bond donors (Lipinski definition) is 1. The molecule has 0 aliphatic rings. The Bertz CT molecular complexity index is 577. The van der Waals surface area contributed by atoms with Gasteiger partial charge in [0.2, 0.25) is 10.0 Å². The highest BCUT2D eigenvalue weighted by Crippen LogP contribution is 2.31. The quantitative estimate of drug-likeness (QED) is 0.621. The molecule has 0 amide bonds. The summed E-state index contributed by atoms with van der Waals surface area (Å²) < 4.78 is 28.9. The van der Waals surface area contributed by atoms with Crippen LogP contribution in [0.4, 0.5) is 0 Å². The van der Waals surface area contributed by atoms with E-state index in [1.54, 1.807) is 19.1 Å². The molecule has 1 rings (SSSR count). The molecular weight excluding hydrogens is 274 g/mol. The molecule has 0 bridgehead atoms. The Balaban J connectivity index is 3.12. The summed E-state index contributed by atoms with van der Waals surface area (Å²) in [5, 5.41) is 5.24. The zero-order valence-electron chi connectivity index (χ0n) is 12.3. The summed E-state index contributed by atoms with van der Waals surface area (Å²) in [6.45, 7) is 9.96. The standard InChI is InChI=1S/C15H23NO3S/c1-5-6-7-8-19-14-9-12(4)15(20(16,17)18)10-13(14)11(2)3/h5,9-11H,1,6-8H2,2-4H3,(H2,16,17,18). The molecule has 112 valence electrons. The number of aryl methyl sites for hydroxylation is 1. The van der Waals surface area contributed by atoms with Crippen LogP contribution in [0.15, 0.2) is 29.7 Å². The summed E-state index contributed by atoms with van der Waals surface area (Å²) >= 11 is 0. The van der Waals surface area contributed by atoms with Crippen molar-refractivity contribution >= 4 is 10.0 Å². The lowest BCUT2D eigenvalue weighted by molar-refractivity contribution is 0.307. The molecular formula is C15H23NO3S. The highest BCUT2D eigenvalue weighted by Gasteiger charge is 2.17. The van der Waals surface area contributed by atoms with Crippen LogP contribution < -0.4 is 9.88 Å². The first-order valence-electron chi connectivity index (χ1n) is 6.68. The summed E-state index contributed by atoms with van der Waals surface area (Å²) in [4.78, 5) is 0.166. The average molecular weight is 297 g/mol. The van der Waals surface area contributed by atoms with Crippen molar-refractivity contribution < 1.29 is 13.2 Å². The van der Waals surface area contributed by atoms with Gasteiger partial charge in [-0.15, -0.1) is 6.58 Å². The fourth-order valence-corrected chi connectivity index (χ4v) is 2.77. The van der Waals surface area contributed by atoms with Crippen molar-refractivity contribution in [1.82, 2.24) is 0 Å². The van der Waals surface area contributed by atoms with Crippen LogP contribution in [0.5, 0.6) is 5.75 Å². The van der Waals surface area contributed by atoms with E-state index >= 15 is 0 Å². The third-order valence-electron chi connectivity index (χ3n) is 3.05. The van der Waals surface area contributed by atoms with Crippen LogP contribution in [-0.4, -0.2) is 15.0 Å². The highest BCUT2D eigenvalue weighted by atomic mass is 32.2. The topological polar surface area (TPSA) is 69.4 Å². The van der Waals surface area contributed by atoms with Gasteiger partial charge in [0.15, 0.2) is 0 Å². The van der Waals surface area contributed by atoms with Crippen molar-refractivity contribution in [3.63, 3.8) is 0 Å². The lowest BCUT2D eigenvalue weighted by Gasteiger charge is -2.17. The van der Waals surface area contributed by atoms with Crippen LogP contribution >= 0.6 is 0 Å². The normalized spacial score (nSPS) is 11.7. The summed E-state index contributed by atoms with van der Waals surface area (Å²) in [6.07, 6.45) is 3.63. The number of unbranched alkanes of at least 4 members (excludes halogenated alkanes) is 1. The van der Waals surface area contributed by atoms with Gasteiger partial charge in [-0.05, 0) is 48.9 Å². The zero-order chi connectivity index (χ0) is 15.3. The number of sulfonamides is 1. The first-order valence-corrected chi connectivity index (χ1v) is 8.23. The molecule has 0 aromatic heterocycles. The lowest BCUT2D eigenvalue weighted by Crippen LogP contribution is -2.15. The van der Waals surface area contributed by atoms with Gasteiger partial charge < -0.3 is 4.74 Å². The van der Waals surface area contributed by atoms with Crippen LogP contribution in [0.3, 0.4) is 0 Å². The van der Waals surface area contributed by atoms with Gasteiger partial charge in [-0.3, -0.25) is 0 Å². The molecule has 0 aliphatic carbocycles. The van der Waals surface area contributed by atoms with E-state index in [0.29, 0.717) is 12.2 Å². The Morgan fingerprint density at radius 1 is 1.40 bits per heavy atom. The van der Waals surface area contributed by atoms with E-state index in [9.17, 15) is 8.42 Å². The second kappa shape index (κ2) is 6.90. The van der Waals surface area contributed by atoms with Crippen LogP contribution in [0, 0.1) is 6.92 Å². The van der Waals surface area contributed by atoms with Crippen molar-refractivity contribution in [1.29, 1.82) is 0 Å². The van der Waals surface area contributed by atoms with Crippen molar-refractivity contribution in [3.05, 3.63) is 35.9 Å².